The van der Waals surface area contributed by atoms with Crippen molar-refractivity contribution in [3.8, 4) is 0 Å². The third kappa shape index (κ3) is 4.35. The van der Waals surface area contributed by atoms with Crippen LogP contribution in [0.15, 0.2) is 18.2 Å². The predicted octanol–water partition coefficient (Wildman–Crippen LogP) is 1.97. The lowest BCUT2D eigenvalue weighted by molar-refractivity contribution is -0.115. The standard InChI is InChI=1S/C12H15ClN2O3/c1-7(2)14-6-11(16)15-8-3-4-9(12(17)18)10(13)5-8/h3-5,7,14H,6H2,1-2H3,(H,15,16)(H,17,18). The van der Waals surface area contributed by atoms with Crippen molar-refractivity contribution in [3.05, 3.63) is 28.8 Å². The molecule has 0 fully saturated rings. The topological polar surface area (TPSA) is 78.4 Å². The molecule has 18 heavy (non-hydrogen) atoms. The predicted molar refractivity (Wildman–Crippen MR) is 70.2 cm³/mol. The maximum absolute atomic E-state index is 11.5. The van der Waals surface area contributed by atoms with Crippen molar-refractivity contribution in [2.45, 2.75) is 19.9 Å². The highest BCUT2D eigenvalue weighted by Gasteiger charge is 2.10. The van der Waals surface area contributed by atoms with E-state index < -0.39 is 5.97 Å². The van der Waals surface area contributed by atoms with Gasteiger partial charge in [-0.25, -0.2) is 4.79 Å². The minimum atomic E-state index is -1.10. The van der Waals surface area contributed by atoms with E-state index in [1.54, 1.807) is 0 Å². The average molecular weight is 271 g/mol. The molecule has 1 aromatic carbocycles. The smallest absolute Gasteiger partial charge is 0.337 e. The second-order valence-electron chi connectivity index (χ2n) is 4.08. The first-order valence-corrected chi connectivity index (χ1v) is 5.84. The zero-order chi connectivity index (χ0) is 13.7. The molecular weight excluding hydrogens is 256 g/mol. The number of carboxylic acids is 1. The van der Waals surface area contributed by atoms with E-state index in [1.165, 1.54) is 18.2 Å². The number of benzene rings is 1. The van der Waals surface area contributed by atoms with Gasteiger partial charge in [0.1, 0.15) is 0 Å². The average Bonchev–Trinajstić information content (AvgIpc) is 2.26. The Kier molecular flexibility index (Phi) is 5.12. The van der Waals surface area contributed by atoms with E-state index in [0.29, 0.717) is 5.69 Å². The molecule has 0 heterocycles. The van der Waals surface area contributed by atoms with Crippen LogP contribution in [0.5, 0.6) is 0 Å². The van der Waals surface area contributed by atoms with E-state index in [4.69, 9.17) is 16.7 Å². The summed E-state index contributed by atoms with van der Waals surface area (Å²) >= 11 is 5.79. The molecule has 1 aromatic rings. The molecule has 6 heteroatoms. The Hall–Kier alpha value is -1.59. The van der Waals surface area contributed by atoms with Gasteiger partial charge in [-0.15, -0.1) is 0 Å². The van der Waals surface area contributed by atoms with Gasteiger partial charge in [0.05, 0.1) is 17.1 Å². The van der Waals surface area contributed by atoms with E-state index in [2.05, 4.69) is 10.6 Å². The first-order chi connectivity index (χ1) is 8.40. The largest absolute Gasteiger partial charge is 0.478 e. The summed E-state index contributed by atoms with van der Waals surface area (Å²) in [7, 11) is 0. The number of hydrogen-bond acceptors (Lipinski definition) is 3. The summed E-state index contributed by atoms with van der Waals surface area (Å²) in [5, 5.41) is 14.5. The van der Waals surface area contributed by atoms with Gasteiger partial charge < -0.3 is 15.7 Å². The molecular formula is C12H15ClN2O3. The number of nitrogens with one attached hydrogen (secondary N) is 2. The molecule has 1 rings (SSSR count). The van der Waals surface area contributed by atoms with Crippen LogP contribution in [0.25, 0.3) is 0 Å². The third-order valence-corrected chi connectivity index (χ3v) is 2.47. The highest BCUT2D eigenvalue weighted by Crippen LogP contribution is 2.20. The van der Waals surface area contributed by atoms with Crippen LogP contribution in [0.2, 0.25) is 5.02 Å². The molecule has 0 saturated carbocycles. The molecule has 0 bridgehead atoms. The van der Waals surface area contributed by atoms with Crippen LogP contribution >= 0.6 is 11.6 Å². The highest BCUT2D eigenvalue weighted by atomic mass is 35.5. The van der Waals surface area contributed by atoms with Crippen LogP contribution in [0.3, 0.4) is 0 Å². The van der Waals surface area contributed by atoms with E-state index >= 15 is 0 Å². The number of halogens is 1. The van der Waals surface area contributed by atoms with Crippen molar-refractivity contribution >= 4 is 29.2 Å². The Morgan fingerprint density at radius 3 is 2.56 bits per heavy atom. The molecule has 0 radical (unpaired) electrons. The number of rotatable bonds is 5. The first kappa shape index (κ1) is 14.5. The molecule has 0 aliphatic heterocycles. The van der Waals surface area contributed by atoms with E-state index in [0.717, 1.165) is 0 Å². The summed E-state index contributed by atoms with van der Waals surface area (Å²) in [6.45, 7) is 4.06. The maximum atomic E-state index is 11.5. The third-order valence-electron chi connectivity index (χ3n) is 2.15. The molecule has 0 aliphatic carbocycles. The van der Waals surface area contributed by atoms with Gasteiger partial charge in [-0.05, 0) is 18.2 Å². The Morgan fingerprint density at radius 1 is 1.39 bits per heavy atom. The van der Waals surface area contributed by atoms with Gasteiger partial charge in [-0.2, -0.15) is 0 Å². The summed E-state index contributed by atoms with van der Waals surface area (Å²) in [6.07, 6.45) is 0. The molecule has 0 atom stereocenters. The lowest BCUT2D eigenvalue weighted by atomic mass is 10.2. The van der Waals surface area contributed by atoms with Gasteiger partial charge >= 0.3 is 5.97 Å². The summed E-state index contributed by atoms with van der Waals surface area (Å²) in [4.78, 5) is 22.3. The Morgan fingerprint density at radius 2 is 2.06 bits per heavy atom. The summed E-state index contributed by atoms with van der Waals surface area (Å²) in [5.41, 5.74) is 0.482. The van der Waals surface area contributed by atoms with Gasteiger partial charge in [-0.1, -0.05) is 25.4 Å². The Labute approximate surface area is 110 Å². The molecule has 3 N–H and O–H groups in total. The zero-order valence-corrected chi connectivity index (χ0v) is 10.9. The molecule has 0 spiro atoms. The molecule has 0 unspecified atom stereocenters. The first-order valence-electron chi connectivity index (χ1n) is 5.46. The SMILES string of the molecule is CC(C)NCC(=O)Nc1ccc(C(=O)O)c(Cl)c1. The van der Waals surface area contributed by atoms with Crippen LogP contribution in [0.4, 0.5) is 5.69 Å². The number of anilines is 1. The summed E-state index contributed by atoms with van der Waals surface area (Å²) in [5.74, 6) is -1.30. The zero-order valence-electron chi connectivity index (χ0n) is 10.2. The minimum absolute atomic E-state index is 0.00923. The van der Waals surface area contributed by atoms with Crippen LogP contribution in [-0.4, -0.2) is 29.6 Å². The monoisotopic (exact) mass is 270 g/mol. The van der Waals surface area contributed by atoms with Gasteiger partial charge in [0, 0.05) is 11.7 Å². The highest BCUT2D eigenvalue weighted by molar-refractivity contribution is 6.33. The maximum Gasteiger partial charge on any atom is 0.337 e. The molecule has 0 saturated heterocycles. The lowest BCUT2D eigenvalue weighted by Gasteiger charge is -2.09. The van der Waals surface area contributed by atoms with Crippen molar-refractivity contribution in [1.29, 1.82) is 0 Å². The van der Waals surface area contributed by atoms with E-state index in [9.17, 15) is 9.59 Å². The van der Waals surface area contributed by atoms with Crippen LogP contribution < -0.4 is 10.6 Å². The van der Waals surface area contributed by atoms with Crippen LogP contribution in [0.1, 0.15) is 24.2 Å². The molecule has 0 aliphatic rings. The van der Waals surface area contributed by atoms with Gasteiger partial charge in [0.15, 0.2) is 0 Å². The van der Waals surface area contributed by atoms with Gasteiger partial charge in [0.25, 0.3) is 0 Å². The fourth-order valence-electron chi connectivity index (χ4n) is 1.27. The number of aromatic carboxylic acids is 1. The quantitative estimate of drug-likeness (QED) is 0.764. The van der Waals surface area contributed by atoms with E-state index in [1.807, 2.05) is 13.8 Å². The van der Waals surface area contributed by atoms with Crippen LogP contribution in [-0.2, 0) is 4.79 Å². The summed E-state index contributed by atoms with van der Waals surface area (Å²) < 4.78 is 0. The molecule has 5 nitrogen and oxygen atoms in total. The minimum Gasteiger partial charge on any atom is -0.478 e. The van der Waals surface area contributed by atoms with Crippen LogP contribution in [0, 0.1) is 0 Å². The number of carboxylic acid groups (broad SMARTS) is 1. The number of carbonyl (C=O) groups is 2. The fourth-order valence-corrected chi connectivity index (χ4v) is 1.53. The fraction of sp³-hybridized carbons (Fsp3) is 0.333. The number of amides is 1. The second kappa shape index (κ2) is 6.37. The Bertz CT molecular complexity index is 461. The molecule has 98 valence electrons. The summed E-state index contributed by atoms with van der Waals surface area (Å²) in [6, 6.07) is 4.49. The van der Waals surface area contributed by atoms with Crippen molar-refractivity contribution in [3.63, 3.8) is 0 Å². The normalized spacial score (nSPS) is 10.4. The van der Waals surface area contributed by atoms with Crippen molar-refractivity contribution in [2.75, 3.05) is 11.9 Å². The van der Waals surface area contributed by atoms with Crippen molar-refractivity contribution in [2.24, 2.45) is 0 Å². The number of hydrogen-bond donors (Lipinski definition) is 3. The van der Waals surface area contributed by atoms with Gasteiger partial charge in [-0.3, -0.25) is 4.79 Å². The van der Waals surface area contributed by atoms with Crippen molar-refractivity contribution in [1.82, 2.24) is 5.32 Å². The molecule has 1 amide bonds. The molecule has 0 aromatic heterocycles. The van der Waals surface area contributed by atoms with Crippen molar-refractivity contribution < 1.29 is 14.7 Å². The lowest BCUT2D eigenvalue weighted by Crippen LogP contribution is -2.32. The second-order valence-corrected chi connectivity index (χ2v) is 4.49. The van der Waals surface area contributed by atoms with Gasteiger partial charge in [0.2, 0.25) is 5.91 Å². The van der Waals surface area contributed by atoms with E-state index in [-0.39, 0.29) is 29.1 Å². The Balaban J connectivity index is 2.66. The number of carbonyl (C=O) groups excluding carboxylic acids is 1.